The Balaban J connectivity index is 2.00. The number of hydrogen-bond acceptors (Lipinski definition) is 1. The van der Waals surface area contributed by atoms with Crippen molar-refractivity contribution >= 4 is 0 Å². The quantitative estimate of drug-likeness (QED) is 0.690. The maximum atomic E-state index is 5.75. The van der Waals surface area contributed by atoms with Crippen LogP contribution in [0.2, 0.25) is 0 Å². The minimum absolute atomic E-state index is 0.795. The molecular weight excluding hydrogens is 158 g/mol. The minimum atomic E-state index is 0.795. The highest BCUT2D eigenvalue weighted by molar-refractivity contribution is 5.39. The molecule has 1 aromatic rings. The van der Waals surface area contributed by atoms with Gasteiger partial charge in [-0.1, -0.05) is 24.3 Å². The summed E-state index contributed by atoms with van der Waals surface area (Å²) in [5, 5.41) is 0. The molecule has 13 heavy (non-hydrogen) atoms. The van der Waals surface area contributed by atoms with Crippen molar-refractivity contribution in [3.63, 3.8) is 0 Å². The largest absolute Gasteiger partial charge is 0.330 e. The summed E-state index contributed by atoms with van der Waals surface area (Å²) in [6, 6.07) is 8.88. The summed E-state index contributed by atoms with van der Waals surface area (Å²) >= 11 is 0. The first-order chi connectivity index (χ1) is 6.42. The third kappa shape index (κ3) is 0.969. The lowest BCUT2D eigenvalue weighted by atomic mass is 9.92. The first-order valence-electron chi connectivity index (χ1n) is 5.19. The maximum absolute atomic E-state index is 5.75. The molecular formula is C12H15N. The van der Waals surface area contributed by atoms with E-state index in [-0.39, 0.29) is 0 Å². The zero-order valence-corrected chi connectivity index (χ0v) is 7.74. The second-order valence-corrected chi connectivity index (χ2v) is 4.33. The Morgan fingerprint density at radius 1 is 1.31 bits per heavy atom. The second-order valence-electron chi connectivity index (χ2n) is 4.33. The zero-order chi connectivity index (χ0) is 8.84. The van der Waals surface area contributed by atoms with Crippen LogP contribution in [0.15, 0.2) is 24.3 Å². The van der Waals surface area contributed by atoms with Crippen LogP contribution in [0.4, 0.5) is 0 Å². The van der Waals surface area contributed by atoms with Gasteiger partial charge in [-0.2, -0.15) is 0 Å². The van der Waals surface area contributed by atoms with E-state index in [0.29, 0.717) is 0 Å². The van der Waals surface area contributed by atoms with E-state index in [1.54, 1.807) is 11.1 Å². The Labute approximate surface area is 78.9 Å². The van der Waals surface area contributed by atoms with Gasteiger partial charge >= 0.3 is 0 Å². The summed E-state index contributed by atoms with van der Waals surface area (Å²) in [7, 11) is 0. The fourth-order valence-electron chi connectivity index (χ4n) is 3.03. The molecule has 2 N–H and O–H groups in total. The predicted molar refractivity (Wildman–Crippen MR) is 53.5 cm³/mol. The van der Waals surface area contributed by atoms with Crippen LogP contribution in [0.25, 0.3) is 0 Å². The second kappa shape index (κ2) is 2.58. The van der Waals surface area contributed by atoms with Crippen LogP contribution in [0.1, 0.15) is 23.5 Å². The van der Waals surface area contributed by atoms with Crippen LogP contribution in [0.5, 0.6) is 0 Å². The van der Waals surface area contributed by atoms with Gasteiger partial charge in [-0.25, -0.2) is 0 Å². The molecule has 68 valence electrons. The van der Waals surface area contributed by atoms with Crippen LogP contribution < -0.4 is 5.73 Å². The van der Waals surface area contributed by atoms with E-state index in [9.17, 15) is 0 Å². The number of benzene rings is 1. The Bertz CT molecular complexity index is 328. The molecule has 0 amide bonds. The Hall–Kier alpha value is -0.820. The highest BCUT2D eigenvalue weighted by Crippen LogP contribution is 2.59. The van der Waals surface area contributed by atoms with Crippen molar-refractivity contribution in [1.29, 1.82) is 0 Å². The topological polar surface area (TPSA) is 26.0 Å². The van der Waals surface area contributed by atoms with Gasteiger partial charge < -0.3 is 5.73 Å². The van der Waals surface area contributed by atoms with Gasteiger partial charge in [-0.15, -0.1) is 0 Å². The molecule has 2 aliphatic rings. The molecule has 2 aliphatic carbocycles. The molecule has 1 aromatic carbocycles. The lowest BCUT2D eigenvalue weighted by molar-refractivity contribution is 0.634. The monoisotopic (exact) mass is 173 g/mol. The van der Waals surface area contributed by atoms with Crippen molar-refractivity contribution < 1.29 is 0 Å². The third-order valence-electron chi connectivity index (χ3n) is 3.76. The highest BCUT2D eigenvalue weighted by Gasteiger charge is 2.51. The maximum Gasteiger partial charge on any atom is -0.00400 e. The summed E-state index contributed by atoms with van der Waals surface area (Å²) in [6.45, 7) is 0.879. The van der Waals surface area contributed by atoms with Gasteiger partial charge in [-0.05, 0) is 48.3 Å². The standard InChI is InChI=1S/C12H15N/c13-7-11-10-6-5-8-3-1-2-4-9(8)12(10)11/h1-4,10-12H,5-7,13H2/t10-,11-,12-/m1/s1. The molecule has 3 atom stereocenters. The number of aryl methyl sites for hydroxylation is 1. The van der Waals surface area contributed by atoms with Crippen LogP contribution in [0, 0.1) is 11.8 Å². The predicted octanol–water partition coefficient (Wildman–Crippen LogP) is 1.92. The van der Waals surface area contributed by atoms with Crippen molar-refractivity contribution in [3.8, 4) is 0 Å². The summed E-state index contributed by atoms with van der Waals surface area (Å²) < 4.78 is 0. The van der Waals surface area contributed by atoms with Crippen LogP contribution in [-0.2, 0) is 6.42 Å². The average molecular weight is 173 g/mol. The smallest absolute Gasteiger partial charge is 0.00400 e. The van der Waals surface area contributed by atoms with Gasteiger partial charge in [0.2, 0.25) is 0 Å². The van der Waals surface area contributed by atoms with Crippen LogP contribution in [0.3, 0.4) is 0 Å². The average Bonchev–Trinajstić information content (AvgIpc) is 2.91. The van der Waals surface area contributed by atoms with E-state index >= 15 is 0 Å². The van der Waals surface area contributed by atoms with Gasteiger partial charge in [0.15, 0.2) is 0 Å². The van der Waals surface area contributed by atoms with Crippen molar-refractivity contribution in [1.82, 2.24) is 0 Å². The number of rotatable bonds is 1. The summed E-state index contributed by atoms with van der Waals surface area (Å²) in [4.78, 5) is 0. The Morgan fingerprint density at radius 3 is 3.00 bits per heavy atom. The SMILES string of the molecule is NC[C@@H]1[C@H]2CCc3ccccc3[C@@H]12. The van der Waals surface area contributed by atoms with E-state index in [2.05, 4.69) is 24.3 Å². The molecule has 1 nitrogen and oxygen atoms in total. The summed E-state index contributed by atoms with van der Waals surface area (Å²) in [6.07, 6.45) is 2.64. The summed E-state index contributed by atoms with van der Waals surface area (Å²) in [5.74, 6) is 2.53. The molecule has 0 bridgehead atoms. The highest BCUT2D eigenvalue weighted by atomic mass is 14.7. The van der Waals surface area contributed by atoms with E-state index < -0.39 is 0 Å². The van der Waals surface area contributed by atoms with E-state index in [1.807, 2.05) is 0 Å². The normalized spacial score (nSPS) is 35.0. The molecule has 0 radical (unpaired) electrons. The fourth-order valence-corrected chi connectivity index (χ4v) is 3.03. The van der Waals surface area contributed by atoms with Gasteiger partial charge in [0.1, 0.15) is 0 Å². The number of fused-ring (bicyclic) bond motifs is 3. The van der Waals surface area contributed by atoms with E-state index in [0.717, 1.165) is 24.3 Å². The van der Waals surface area contributed by atoms with Gasteiger partial charge in [0.05, 0.1) is 0 Å². The van der Waals surface area contributed by atoms with Gasteiger partial charge in [0, 0.05) is 0 Å². The van der Waals surface area contributed by atoms with E-state index in [4.69, 9.17) is 5.73 Å². The van der Waals surface area contributed by atoms with Crippen molar-refractivity contribution in [3.05, 3.63) is 35.4 Å². The number of hydrogen-bond donors (Lipinski definition) is 1. The van der Waals surface area contributed by atoms with Crippen LogP contribution >= 0.6 is 0 Å². The van der Waals surface area contributed by atoms with Crippen molar-refractivity contribution in [2.45, 2.75) is 18.8 Å². The molecule has 1 fully saturated rings. The van der Waals surface area contributed by atoms with Crippen molar-refractivity contribution in [2.24, 2.45) is 17.6 Å². The first kappa shape index (κ1) is 7.57. The van der Waals surface area contributed by atoms with Crippen LogP contribution in [-0.4, -0.2) is 6.54 Å². The molecule has 0 heterocycles. The van der Waals surface area contributed by atoms with E-state index in [1.165, 1.54) is 12.8 Å². The fraction of sp³-hybridized carbons (Fsp3) is 0.500. The Morgan fingerprint density at radius 2 is 2.15 bits per heavy atom. The molecule has 3 rings (SSSR count). The first-order valence-corrected chi connectivity index (χ1v) is 5.19. The minimum Gasteiger partial charge on any atom is -0.330 e. The van der Waals surface area contributed by atoms with Gasteiger partial charge in [0.25, 0.3) is 0 Å². The molecule has 1 saturated carbocycles. The lowest BCUT2D eigenvalue weighted by Crippen LogP contribution is -2.02. The lowest BCUT2D eigenvalue weighted by Gasteiger charge is -2.13. The van der Waals surface area contributed by atoms with Crippen molar-refractivity contribution in [2.75, 3.05) is 6.54 Å². The molecule has 0 spiro atoms. The molecule has 0 saturated heterocycles. The molecule has 0 aromatic heterocycles. The molecule has 0 unspecified atom stereocenters. The molecule has 0 aliphatic heterocycles. The zero-order valence-electron chi connectivity index (χ0n) is 7.74. The number of nitrogens with two attached hydrogens (primary N) is 1. The third-order valence-corrected chi connectivity index (χ3v) is 3.76. The summed E-state index contributed by atoms with van der Waals surface area (Å²) in [5.41, 5.74) is 8.91. The van der Waals surface area contributed by atoms with Gasteiger partial charge in [-0.3, -0.25) is 0 Å². The Kier molecular flexibility index (Phi) is 1.50. The molecule has 1 heteroatoms.